The molecule has 1 N–H and O–H groups in total. The van der Waals surface area contributed by atoms with Gasteiger partial charge in [-0.2, -0.15) is 4.31 Å². The molecule has 0 spiro atoms. The number of aromatic nitrogens is 3. The lowest BCUT2D eigenvalue weighted by molar-refractivity contribution is 0.383. The summed E-state index contributed by atoms with van der Waals surface area (Å²) in [5.41, 5.74) is 1.06. The number of nitrogens with zero attached hydrogens (tertiary/aromatic N) is 5. The van der Waals surface area contributed by atoms with Gasteiger partial charge in [-0.15, -0.1) is 0 Å². The van der Waals surface area contributed by atoms with Crippen LogP contribution < -0.4 is 10.2 Å². The number of hydrogen-bond donors (Lipinski definition) is 1. The van der Waals surface area contributed by atoms with E-state index in [-0.39, 0.29) is 13.1 Å². The van der Waals surface area contributed by atoms with Crippen molar-refractivity contribution in [3.05, 3.63) is 66.1 Å². The molecule has 4 rings (SSSR count). The third kappa shape index (κ3) is 4.78. The number of pyridine rings is 1. The van der Waals surface area contributed by atoms with Crippen LogP contribution in [0, 0.1) is 18.6 Å². The highest BCUT2D eigenvalue weighted by Gasteiger charge is 2.29. The summed E-state index contributed by atoms with van der Waals surface area (Å²) in [6.07, 6.45) is 3.12. The molecule has 3 heterocycles. The molecule has 0 atom stereocenters. The second kappa shape index (κ2) is 8.52. The summed E-state index contributed by atoms with van der Waals surface area (Å²) < 4.78 is 53.7. The van der Waals surface area contributed by atoms with E-state index in [2.05, 4.69) is 20.3 Å². The molecule has 1 saturated heterocycles. The van der Waals surface area contributed by atoms with Crippen molar-refractivity contribution in [3.8, 4) is 0 Å². The lowest BCUT2D eigenvalue weighted by Gasteiger charge is -2.34. The molecule has 0 saturated carbocycles. The zero-order valence-electron chi connectivity index (χ0n) is 16.7. The number of nitrogens with one attached hydrogen (secondary N) is 1. The van der Waals surface area contributed by atoms with Gasteiger partial charge in [0.05, 0.1) is 4.90 Å². The number of anilines is 3. The number of benzene rings is 1. The molecule has 0 radical (unpaired) electrons. The summed E-state index contributed by atoms with van der Waals surface area (Å²) >= 11 is 0. The minimum atomic E-state index is -3.99. The zero-order valence-corrected chi connectivity index (χ0v) is 17.5. The van der Waals surface area contributed by atoms with Gasteiger partial charge in [0.15, 0.2) is 0 Å². The smallest absolute Gasteiger partial charge is 0.243 e. The van der Waals surface area contributed by atoms with Crippen LogP contribution in [-0.4, -0.2) is 53.9 Å². The fourth-order valence-corrected chi connectivity index (χ4v) is 4.77. The normalized spacial score (nSPS) is 15.1. The van der Waals surface area contributed by atoms with Crippen molar-refractivity contribution in [3.63, 3.8) is 0 Å². The molecular formula is C20H20F2N6O2S. The third-order valence-electron chi connectivity index (χ3n) is 4.86. The van der Waals surface area contributed by atoms with Gasteiger partial charge in [0.1, 0.15) is 35.4 Å². The first kappa shape index (κ1) is 21.1. The van der Waals surface area contributed by atoms with Gasteiger partial charge in [0.25, 0.3) is 0 Å². The Hall–Kier alpha value is -3.18. The number of rotatable bonds is 5. The number of aryl methyl sites for hydroxylation is 1. The summed E-state index contributed by atoms with van der Waals surface area (Å²) in [4.78, 5) is 14.3. The second-order valence-electron chi connectivity index (χ2n) is 7.10. The number of halogens is 2. The maximum atomic E-state index is 13.5. The molecule has 0 unspecified atom stereocenters. The lowest BCUT2D eigenvalue weighted by atomic mass is 10.3. The highest BCUT2D eigenvalue weighted by atomic mass is 32.2. The van der Waals surface area contributed by atoms with Crippen LogP contribution in [0.4, 0.5) is 26.2 Å². The Bertz CT molecular complexity index is 1180. The Labute approximate surface area is 178 Å². The Balaban J connectivity index is 1.45. The van der Waals surface area contributed by atoms with Crippen LogP contribution in [0.1, 0.15) is 5.56 Å². The first-order valence-corrected chi connectivity index (χ1v) is 11.0. The Morgan fingerprint density at radius 3 is 2.26 bits per heavy atom. The lowest BCUT2D eigenvalue weighted by Crippen LogP contribution is -2.49. The monoisotopic (exact) mass is 446 g/mol. The summed E-state index contributed by atoms with van der Waals surface area (Å²) in [6.45, 7) is 3.02. The Kier molecular flexibility index (Phi) is 5.79. The molecule has 162 valence electrons. The van der Waals surface area contributed by atoms with Crippen molar-refractivity contribution in [2.75, 3.05) is 36.4 Å². The molecule has 8 nitrogen and oxygen atoms in total. The van der Waals surface area contributed by atoms with Gasteiger partial charge in [-0.05, 0) is 36.8 Å². The van der Waals surface area contributed by atoms with E-state index in [9.17, 15) is 17.2 Å². The van der Waals surface area contributed by atoms with Crippen LogP contribution in [0.15, 0.2) is 53.8 Å². The summed E-state index contributed by atoms with van der Waals surface area (Å²) in [6, 6.07) is 7.84. The van der Waals surface area contributed by atoms with E-state index >= 15 is 0 Å². The maximum Gasteiger partial charge on any atom is 0.243 e. The molecular weight excluding hydrogens is 426 g/mol. The topological polar surface area (TPSA) is 91.3 Å². The SMILES string of the molecule is Cc1ccnc(Nc2cc(N3CCN(S(=O)(=O)c4cc(F)cc(F)c4)CC3)ncn2)c1. The Morgan fingerprint density at radius 2 is 1.58 bits per heavy atom. The first-order chi connectivity index (χ1) is 14.8. The average Bonchev–Trinajstić information content (AvgIpc) is 2.73. The van der Waals surface area contributed by atoms with Crippen molar-refractivity contribution in [2.45, 2.75) is 11.8 Å². The van der Waals surface area contributed by atoms with E-state index in [0.717, 1.165) is 17.7 Å². The number of sulfonamides is 1. The van der Waals surface area contributed by atoms with Crippen LogP contribution in [0.2, 0.25) is 0 Å². The molecule has 1 aromatic carbocycles. The van der Waals surface area contributed by atoms with Crippen LogP contribution in [0.3, 0.4) is 0 Å². The van der Waals surface area contributed by atoms with Gasteiger partial charge in [-0.3, -0.25) is 0 Å². The van der Waals surface area contributed by atoms with E-state index in [1.165, 1.54) is 10.6 Å². The standard InChI is InChI=1S/C20H20F2N6O2S/c1-14-2-3-23-18(8-14)26-19-12-20(25-13-24-19)27-4-6-28(7-5-27)31(29,30)17-10-15(21)9-16(22)11-17/h2-3,8-13H,4-7H2,1H3,(H,23,24,25,26). The molecule has 11 heteroatoms. The van der Waals surface area contributed by atoms with Crippen molar-refractivity contribution >= 4 is 27.5 Å². The summed E-state index contributed by atoms with van der Waals surface area (Å²) in [5, 5.41) is 3.12. The van der Waals surface area contributed by atoms with Crippen LogP contribution in [0.5, 0.6) is 0 Å². The van der Waals surface area contributed by atoms with Crippen molar-refractivity contribution in [2.24, 2.45) is 0 Å². The molecule has 3 aromatic rings. The molecule has 0 amide bonds. The number of piperazine rings is 1. The van der Waals surface area contributed by atoms with E-state index in [4.69, 9.17) is 0 Å². The first-order valence-electron chi connectivity index (χ1n) is 9.54. The molecule has 1 aliphatic heterocycles. The van der Waals surface area contributed by atoms with Crippen LogP contribution in [0.25, 0.3) is 0 Å². The second-order valence-corrected chi connectivity index (χ2v) is 9.04. The molecule has 1 fully saturated rings. The van der Waals surface area contributed by atoms with E-state index < -0.39 is 26.6 Å². The highest BCUT2D eigenvalue weighted by Crippen LogP contribution is 2.23. The molecule has 0 bridgehead atoms. The van der Waals surface area contributed by atoms with Crippen molar-refractivity contribution in [1.82, 2.24) is 19.3 Å². The minimum absolute atomic E-state index is 0.159. The van der Waals surface area contributed by atoms with Gasteiger partial charge in [-0.25, -0.2) is 32.2 Å². The molecule has 31 heavy (non-hydrogen) atoms. The maximum absolute atomic E-state index is 13.5. The van der Waals surface area contributed by atoms with Crippen LogP contribution in [-0.2, 0) is 10.0 Å². The fourth-order valence-electron chi connectivity index (χ4n) is 3.31. The predicted molar refractivity (Wildman–Crippen MR) is 112 cm³/mol. The molecule has 1 aliphatic rings. The van der Waals surface area contributed by atoms with E-state index in [1.54, 1.807) is 12.3 Å². The fraction of sp³-hybridized carbons (Fsp3) is 0.250. The zero-order chi connectivity index (χ0) is 22.0. The summed E-state index contributed by atoms with van der Waals surface area (Å²) in [7, 11) is -3.99. The molecule has 0 aliphatic carbocycles. The molecule has 2 aromatic heterocycles. The van der Waals surface area contributed by atoms with Gasteiger partial charge >= 0.3 is 0 Å². The van der Waals surface area contributed by atoms with Gasteiger partial charge in [-0.1, -0.05) is 0 Å². The van der Waals surface area contributed by atoms with E-state index in [0.29, 0.717) is 36.6 Å². The average molecular weight is 446 g/mol. The van der Waals surface area contributed by atoms with Crippen LogP contribution >= 0.6 is 0 Å². The Morgan fingerprint density at radius 1 is 0.903 bits per heavy atom. The van der Waals surface area contributed by atoms with Gasteiger partial charge < -0.3 is 10.2 Å². The minimum Gasteiger partial charge on any atom is -0.354 e. The largest absolute Gasteiger partial charge is 0.354 e. The third-order valence-corrected chi connectivity index (χ3v) is 6.74. The highest BCUT2D eigenvalue weighted by molar-refractivity contribution is 7.89. The van der Waals surface area contributed by atoms with Gasteiger partial charge in [0.2, 0.25) is 10.0 Å². The van der Waals surface area contributed by atoms with E-state index in [1.807, 2.05) is 24.0 Å². The van der Waals surface area contributed by atoms with Gasteiger partial charge in [0, 0.05) is 44.5 Å². The van der Waals surface area contributed by atoms with Crippen molar-refractivity contribution in [1.29, 1.82) is 0 Å². The van der Waals surface area contributed by atoms with Crippen molar-refractivity contribution < 1.29 is 17.2 Å². The summed E-state index contributed by atoms with van der Waals surface area (Å²) in [5.74, 6) is -0.00192. The quantitative estimate of drug-likeness (QED) is 0.644. The number of hydrogen-bond acceptors (Lipinski definition) is 7. The predicted octanol–water partition coefficient (Wildman–Crippen LogP) is 2.71.